The van der Waals surface area contributed by atoms with Crippen LogP contribution < -0.4 is 10.5 Å². The zero-order valence-corrected chi connectivity index (χ0v) is 25.7. The number of Topliss-reactive ketones (excluding diaryl/α,β-unsaturated/α-hetero) is 1. The molecule has 1 fully saturated rings. The van der Waals surface area contributed by atoms with Crippen molar-refractivity contribution in [3.63, 3.8) is 0 Å². The number of ether oxygens (including phenoxy) is 4. The van der Waals surface area contributed by atoms with Gasteiger partial charge in [-0.25, -0.2) is 8.78 Å². The number of benzene rings is 3. The highest BCUT2D eigenvalue weighted by atomic mass is 19.1. The summed E-state index contributed by atoms with van der Waals surface area (Å²) < 4.78 is 51.6. The van der Waals surface area contributed by atoms with E-state index in [-0.39, 0.29) is 46.4 Å². The van der Waals surface area contributed by atoms with Crippen molar-refractivity contribution >= 4 is 17.3 Å². The van der Waals surface area contributed by atoms with Crippen molar-refractivity contribution in [2.45, 2.75) is 76.0 Å². The van der Waals surface area contributed by atoms with Crippen molar-refractivity contribution < 1.29 is 57.4 Å². The molecule has 0 radical (unpaired) electrons. The molecule has 0 aromatic heterocycles. The molecule has 3 aromatic carbocycles. The molecule has 0 bridgehead atoms. The van der Waals surface area contributed by atoms with E-state index in [2.05, 4.69) is 0 Å². The fraction of sp³-hybridized carbons (Fsp3) is 0.382. The molecular formula is C34H33F2NO10. The zero-order chi connectivity index (χ0) is 33.9. The number of phenols is 2. The Bertz CT molecular complexity index is 1780. The second-order valence-electron chi connectivity index (χ2n) is 12.1. The largest absolute Gasteiger partial charge is 0.507 e. The minimum absolute atomic E-state index is 0.0151. The number of aliphatic hydroxyl groups is 1. The lowest BCUT2D eigenvalue weighted by molar-refractivity contribution is -0.254. The molecule has 2 aliphatic carbocycles. The highest BCUT2D eigenvalue weighted by molar-refractivity contribution is 6.31. The van der Waals surface area contributed by atoms with Crippen LogP contribution in [0.3, 0.4) is 0 Å². The molecule has 1 heterocycles. The molecule has 47 heavy (non-hydrogen) atoms. The number of nitrogens with two attached hydrogens (primary N) is 1. The van der Waals surface area contributed by atoms with Crippen LogP contribution in [-0.2, 0) is 32.0 Å². The van der Waals surface area contributed by atoms with Crippen LogP contribution in [0.5, 0.6) is 17.2 Å². The molecule has 11 nitrogen and oxygen atoms in total. The third-order valence-corrected chi connectivity index (χ3v) is 9.24. The maximum absolute atomic E-state index is 14.2. The summed E-state index contributed by atoms with van der Waals surface area (Å²) in [6.45, 7) is 2.37. The van der Waals surface area contributed by atoms with Gasteiger partial charge in [0.05, 0.1) is 48.7 Å². The average molecular weight is 654 g/mol. The Morgan fingerprint density at radius 1 is 1.04 bits per heavy atom. The number of ketones is 3. The number of methoxy groups -OCH3 is 1. The fourth-order valence-corrected chi connectivity index (χ4v) is 6.76. The minimum Gasteiger partial charge on any atom is -0.507 e. The normalized spacial score (nSPS) is 26.7. The summed E-state index contributed by atoms with van der Waals surface area (Å²) in [7, 11) is 1.32. The van der Waals surface area contributed by atoms with Crippen molar-refractivity contribution in [3.8, 4) is 17.2 Å². The van der Waals surface area contributed by atoms with E-state index in [4.69, 9.17) is 24.7 Å². The Morgan fingerprint density at radius 3 is 2.34 bits per heavy atom. The number of hydrogen-bond acceptors (Lipinski definition) is 11. The van der Waals surface area contributed by atoms with Crippen LogP contribution in [0.25, 0.3) is 0 Å². The molecule has 0 amide bonds. The summed E-state index contributed by atoms with van der Waals surface area (Å²) in [6, 6.07) is 7.08. The lowest BCUT2D eigenvalue weighted by Gasteiger charge is -2.43. The van der Waals surface area contributed by atoms with Gasteiger partial charge in [-0.2, -0.15) is 0 Å². The number of carbonyl (C=O) groups is 3. The van der Waals surface area contributed by atoms with Gasteiger partial charge >= 0.3 is 0 Å². The molecule has 13 heteroatoms. The van der Waals surface area contributed by atoms with E-state index in [1.807, 2.05) is 0 Å². The highest BCUT2D eigenvalue weighted by Gasteiger charge is 2.49. The van der Waals surface area contributed by atoms with Crippen LogP contribution >= 0.6 is 0 Å². The van der Waals surface area contributed by atoms with Crippen LogP contribution in [0.4, 0.5) is 8.78 Å². The highest BCUT2D eigenvalue weighted by Crippen LogP contribution is 2.52. The quantitative estimate of drug-likeness (QED) is 0.215. The molecule has 1 saturated heterocycles. The molecule has 6 atom stereocenters. The van der Waals surface area contributed by atoms with E-state index < -0.39 is 101 Å². The molecule has 1 aliphatic heterocycles. The Morgan fingerprint density at radius 2 is 1.70 bits per heavy atom. The van der Waals surface area contributed by atoms with Crippen LogP contribution in [0.15, 0.2) is 36.4 Å². The van der Waals surface area contributed by atoms with Crippen LogP contribution in [0, 0.1) is 11.6 Å². The predicted octanol–water partition coefficient (Wildman–Crippen LogP) is 3.53. The van der Waals surface area contributed by atoms with Crippen LogP contribution in [0.2, 0.25) is 0 Å². The Balaban J connectivity index is 1.33. The second-order valence-corrected chi connectivity index (χ2v) is 12.1. The molecular weight excluding hydrogens is 620 g/mol. The summed E-state index contributed by atoms with van der Waals surface area (Å²) in [4.78, 5) is 40.1. The van der Waals surface area contributed by atoms with Crippen LogP contribution in [0.1, 0.15) is 81.3 Å². The summed E-state index contributed by atoms with van der Waals surface area (Å²) in [5.41, 5.74) is 2.76. The predicted molar refractivity (Wildman–Crippen MR) is 159 cm³/mol. The van der Waals surface area contributed by atoms with Crippen molar-refractivity contribution in [2.75, 3.05) is 7.11 Å². The lowest BCUT2D eigenvalue weighted by Crippen LogP contribution is -2.53. The Kier molecular flexibility index (Phi) is 8.39. The van der Waals surface area contributed by atoms with E-state index in [1.54, 1.807) is 6.92 Å². The van der Waals surface area contributed by atoms with Gasteiger partial charge in [-0.3, -0.25) is 14.4 Å². The molecule has 5 N–H and O–H groups in total. The van der Waals surface area contributed by atoms with E-state index in [0.29, 0.717) is 0 Å². The zero-order valence-electron chi connectivity index (χ0n) is 25.7. The standard InChI is InChI=1S/C34H33F2NO10/c1-14-33(45-13-18-19(35)7-5-8-20(18)36)21(37)10-24(46-14)47-23-12-34(43,15(2)38)11-17-26(23)32(42)28-27(30(17)40)29(39)16-6-4-9-22(44-3)25(16)31(28)41/h4-9,14,21,23-24,33,40,42-43H,10-13,37H2,1-3H3/t14?,21?,23-,24?,33?,34+/m1/s1. The van der Waals surface area contributed by atoms with E-state index in [0.717, 1.165) is 19.1 Å². The van der Waals surface area contributed by atoms with Gasteiger partial charge in [-0.15, -0.1) is 0 Å². The Hall–Kier alpha value is -4.27. The summed E-state index contributed by atoms with van der Waals surface area (Å²) >= 11 is 0. The summed E-state index contributed by atoms with van der Waals surface area (Å²) in [5.74, 6) is -4.96. The monoisotopic (exact) mass is 653 g/mol. The molecule has 6 rings (SSSR count). The number of rotatable bonds is 7. The van der Waals surface area contributed by atoms with Crippen molar-refractivity contribution in [2.24, 2.45) is 5.73 Å². The second kappa shape index (κ2) is 12.1. The maximum Gasteiger partial charge on any atom is 0.202 e. The topological polar surface area (TPSA) is 175 Å². The van der Waals surface area contributed by atoms with Gasteiger partial charge in [-0.1, -0.05) is 18.2 Å². The number of aromatic hydroxyl groups is 2. The molecule has 4 unspecified atom stereocenters. The van der Waals surface area contributed by atoms with Crippen molar-refractivity contribution in [1.29, 1.82) is 0 Å². The molecule has 3 aliphatic rings. The SMILES string of the molecule is COc1cccc2c1C(=O)c1c(O)c3c(c(O)c1C2=O)C[C@@](O)(C(C)=O)C[C@H]3OC1CC(N)C(OCc2c(F)cccc2F)C(C)O1. The molecule has 0 saturated carbocycles. The number of hydrogen-bond donors (Lipinski definition) is 4. The van der Waals surface area contributed by atoms with E-state index in [9.17, 15) is 38.5 Å². The number of fused-ring (bicyclic) bond motifs is 3. The van der Waals surface area contributed by atoms with Crippen molar-refractivity contribution in [3.05, 3.63) is 87.0 Å². The summed E-state index contributed by atoms with van der Waals surface area (Å²) in [5, 5.41) is 34.5. The first-order valence-corrected chi connectivity index (χ1v) is 15.0. The molecule has 0 spiro atoms. The number of phenolic OH excluding ortho intramolecular Hbond substituents is 2. The van der Waals surface area contributed by atoms with Crippen LogP contribution in [-0.4, -0.2) is 69.9 Å². The first kappa shape index (κ1) is 32.7. The van der Waals surface area contributed by atoms with Gasteiger partial charge in [-0.05, 0) is 32.0 Å². The van der Waals surface area contributed by atoms with Gasteiger partial charge in [0, 0.05) is 47.6 Å². The van der Waals surface area contributed by atoms with Gasteiger partial charge < -0.3 is 40.0 Å². The fourth-order valence-electron chi connectivity index (χ4n) is 6.76. The Labute approximate surface area is 267 Å². The van der Waals surface area contributed by atoms with Gasteiger partial charge in [0.15, 0.2) is 17.9 Å². The van der Waals surface area contributed by atoms with E-state index in [1.165, 1.54) is 31.4 Å². The van der Waals surface area contributed by atoms with Gasteiger partial charge in [0.25, 0.3) is 0 Å². The minimum atomic E-state index is -2.07. The lowest BCUT2D eigenvalue weighted by atomic mass is 9.72. The van der Waals surface area contributed by atoms with E-state index >= 15 is 0 Å². The average Bonchev–Trinajstić information content (AvgIpc) is 3.01. The summed E-state index contributed by atoms with van der Waals surface area (Å²) in [6.07, 6.45) is -4.86. The first-order valence-electron chi connectivity index (χ1n) is 15.0. The smallest absolute Gasteiger partial charge is 0.202 e. The third-order valence-electron chi connectivity index (χ3n) is 9.24. The third kappa shape index (κ3) is 5.37. The van der Waals surface area contributed by atoms with Gasteiger partial charge in [0.1, 0.15) is 34.5 Å². The first-order chi connectivity index (χ1) is 22.3. The maximum atomic E-state index is 14.2. The molecule has 248 valence electrons. The number of halogens is 2. The van der Waals surface area contributed by atoms with Gasteiger partial charge in [0.2, 0.25) is 5.78 Å². The van der Waals surface area contributed by atoms with Crippen molar-refractivity contribution in [1.82, 2.24) is 0 Å². The number of carbonyl (C=O) groups excluding carboxylic acids is 3. The molecule has 3 aromatic rings.